The summed E-state index contributed by atoms with van der Waals surface area (Å²) in [5, 5.41) is 9.81. The number of phenolic OH excluding ortho intramolecular Hbond substituents is 1. The number of halogens is 3. The van der Waals surface area contributed by atoms with Gasteiger partial charge >= 0.3 is 3.18 Å². The summed E-state index contributed by atoms with van der Waals surface area (Å²) >= 11 is 9.31. The van der Waals surface area contributed by atoms with Crippen molar-refractivity contribution in [3.8, 4) is 34.5 Å². The Kier molecular flexibility index (Phi) is 14.1. The van der Waals surface area contributed by atoms with Crippen molar-refractivity contribution in [2.75, 3.05) is 18.6 Å². The van der Waals surface area contributed by atoms with Gasteiger partial charge in [0.15, 0.2) is 34.5 Å². The summed E-state index contributed by atoms with van der Waals surface area (Å²) in [6.07, 6.45) is 1.84. The molecule has 0 atom stereocenters. The van der Waals surface area contributed by atoms with E-state index in [0.29, 0.717) is 34.4 Å². The number of rotatable bonds is 7. The normalized spacial score (nSPS) is 9.79. The second kappa shape index (κ2) is 17.0. The fourth-order valence-corrected chi connectivity index (χ4v) is 3.27. The highest BCUT2D eigenvalue weighted by Crippen LogP contribution is 2.35. The zero-order valence-electron chi connectivity index (χ0n) is 22.0. The highest BCUT2D eigenvalue weighted by molar-refractivity contribution is 9.69. The molecule has 10 heteroatoms. The first-order valence-corrected chi connectivity index (χ1v) is 14.9. The van der Waals surface area contributed by atoms with Gasteiger partial charge in [-0.2, -0.15) is 0 Å². The van der Waals surface area contributed by atoms with Gasteiger partial charge in [0.2, 0.25) is 0 Å². The monoisotopic (exact) mass is 720 g/mol. The van der Waals surface area contributed by atoms with E-state index in [9.17, 15) is 5.11 Å². The molecule has 0 aromatic heterocycles. The minimum atomic E-state index is 0.132. The van der Waals surface area contributed by atoms with Crippen molar-refractivity contribution in [2.24, 2.45) is 0 Å². The molecular weight excluding hydrogens is 691 g/mol. The summed E-state index contributed by atoms with van der Waals surface area (Å²) in [5.74, 6) is 3.13. The van der Waals surface area contributed by atoms with Gasteiger partial charge in [-0.3, -0.25) is 0 Å². The van der Waals surface area contributed by atoms with Crippen molar-refractivity contribution in [3.63, 3.8) is 0 Å². The number of para-hydroxylation sites is 4. The standard InChI is InChI=1S/C15H17NO2.C14H15NO2.BBr3/c1-3-11-8-9-14(15(10-11)17-2)18-13-7-5-4-6-12(13)16;1-2-10-7-8-14(12(16)9-10)17-13-6-4-3-5-11(13)15;2-1(3)4/h4-10H,3,16H2,1-2H3;3-9,16H,2,15H2,1H3;. The third-order valence-corrected chi connectivity index (χ3v) is 5.35. The largest absolute Gasteiger partial charge is 0.504 e. The molecular formula is C29H32BBr3N2O4. The number of aromatic hydroxyl groups is 1. The van der Waals surface area contributed by atoms with E-state index in [-0.39, 0.29) is 8.93 Å². The van der Waals surface area contributed by atoms with Crippen LogP contribution in [0.2, 0.25) is 0 Å². The zero-order valence-corrected chi connectivity index (χ0v) is 26.8. The third kappa shape index (κ3) is 11.1. The lowest BCUT2D eigenvalue weighted by Crippen LogP contribution is -1.95. The van der Waals surface area contributed by atoms with Crippen LogP contribution in [0.25, 0.3) is 0 Å². The Morgan fingerprint density at radius 2 is 1.08 bits per heavy atom. The zero-order chi connectivity index (χ0) is 28.8. The van der Waals surface area contributed by atoms with E-state index in [2.05, 4.69) is 54.2 Å². The molecule has 0 radical (unpaired) electrons. The number of ether oxygens (including phenoxy) is 3. The molecule has 0 saturated carbocycles. The van der Waals surface area contributed by atoms with Crippen LogP contribution in [0.15, 0.2) is 84.9 Å². The predicted octanol–water partition coefficient (Wildman–Crippen LogP) is 9.12. The SMILES string of the molecule is BrB(Br)Br.CCc1ccc(Oc2ccccc2N)c(O)c1.CCc1ccc(Oc2ccccc2N)c(OC)c1. The summed E-state index contributed by atoms with van der Waals surface area (Å²) in [5.41, 5.74) is 15.1. The maximum Gasteiger partial charge on any atom is 0.369 e. The molecule has 0 aliphatic rings. The fraction of sp³-hybridized carbons (Fsp3) is 0.172. The topological polar surface area (TPSA) is 100.0 Å². The van der Waals surface area contributed by atoms with Crippen LogP contribution in [-0.4, -0.2) is 15.4 Å². The van der Waals surface area contributed by atoms with E-state index in [4.69, 9.17) is 25.7 Å². The molecule has 0 heterocycles. The average Bonchev–Trinajstić information content (AvgIpc) is 2.92. The van der Waals surface area contributed by atoms with Crippen LogP contribution in [0.5, 0.6) is 34.5 Å². The second-order valence-electron chi connectivity index (χ2n) is 8.02. The Morgan fingerprint density at radius 1 is 0.641 bits per heavy atom. The minimum Gasteiger partial charge on any atom is -0.504 e. The highest BCUT2D eigenvalue weighted by Gasteiger charge is 2.08. The number of aryl methyl sites for hydroxylation is 2. The van der Waals surface area contributed by atoms with Crippen molar-refractivity contribution < 1.29 is 19.3 Å². The van der Waals surface area contributed by atoms with Crippen LogP contribution in [-0.2, 0) is 12.8 Å². The van der Waals surface area contributed by atoms with E-state index in [0.717, 1.165) is 24.2 Å². The van der Waals surface area contributed by atoms with Crippen molar-refractivity contribution in [2.45, 2.75) is 26.7 Å². The molecule has 0 fully saturated rings. The molecule has 0 aliphatic heterocycles. The first-order valence-electron chi connectivity index (χ1n) is 12.1. The third-order valence-electron chi connectivity index (χ3n) is 5.35. The van der Waals surface area contributed by atoms with Gasteiger partial charge in [0.25, 0.3) is 0 Å². The average molecular weight is 723 g/mol. The molecule has 4 aromatic rings. The maximum atomic E-state index is 9.81. The van der Waals surface area contributed by atoms with Crippen LogP contribution in [0, 0.1) is 0 Å². The Morgan fingerprint density at radius 3 is 1.51 bits per heavy atom. The molecule has 0 spiro atoms. The van der Waals surface area contributed by atoms with Gasteiger partial charge in [0.1, 0.15) is 0 Å². The Bertz CT molecular complexity index is 1320. The molecule has 0 bridgehead atoms. The molecule has 0 saturated heterocycles. The molecule has 4 rings (SSSR count). The van der Waals surface area contributed by atoms with E-state index >= 15 is 0 Å². The molecule has 6 nitrogen and oxygen atoms in total. The molecule has 5 N–H and O–H groups in total. The lowest BCUT2D eigenvalue weighted by Gasteiger charge is -2.12. The lowest BCUT2D eigenvalue weighted by molar-refractivity contribution is 0.379. The molecule has 206 valence electrons. The van der Waals surface area contributed by atoms with Crippen molar-refractivity contribution >= 4 is 61.8 Å². The fourth-order valence-electron chi connectivity index (χ4n) is 3.27. The Hall–Kier alpha value is -2.82. The van der Waals surface area contributed by atoms with Gasteiger partial charge < -0.3 is 30.8 Å². The number of hydrogen-bond donors (Lipinski definition) is 3. The number of benzene rings is 4. The molecule has 39 heavy (non-hydrogen) atoms. The van der Waals surface area contributed by atoms with E-state index < -0.39 is 0 Å². The lowest BCUT2D eigenvalue weighted by atomic mass is 10.1. The van der Waals surface area contributed by atoms with Crippen molar-refractivity contribution in [3.05, 3.63) is 96.1 Å². The van der Waals surface area contributed by atoms with Crippen LogP contribution in [0.1, 0.15) is 25.0 Å². The van der Waals surface area contributed by atoms with E-state index in [1.54, 1.807) is 31.4 Å². The van der Waals surface area contributed by atoms with Gasteiger partial charge in [0.05, 0.1) is 18.5 Å². The van der Waals surface area contributed by atoms with Crippen LogP contribution >= 0.6 is 47.3 Å². The van der Waals surface area contributed by atoms with E-state index in [1.807, 2.05) is 67.6 Å². The Balaban J connectivity index is 0.000000241. The molecule has 0 unspecified atom stereocenters. The Labute approximate surface area is 255 Å². The number of anilines is 2. The van der Waals surface area contributed by atoms with Gasteiger partial charge in [0, 0.05) is 0 Å². The number of hydrogen-bond acceptors (Lipinski definition) is 6. The maximum absolute atomic E-state index is 9.81. The first-order chi connectivity index (χ1) is 18.7. The van der Waals surface area contributed by atoms with E-state index in [1.165, 1.54) is 5.56 Å². The number of methoxy groups -OCH3 is 1. The molecule has 4 aromatic carbocycles. The number of phenols is 1. The van der Waals surface area contributed by atoms with Crippen LogP contribution in [0.4, 0.5) is 11.4 Å². The minimum absolute atomic E-state index is 0.132. The molecule has 0 aliphatic carbocycles. The first kappa shape index (κ1) is 32.4. The quantitative estimate of drug-likeness (QED) is 0.130. The summed E-state index contributed by atoms with van der Waals surface area (Å²) in [6, 6.07) is 25.9. The highest BCUT2D eigenvalue weighted by atomic mass is 79.9. The van der Waals surface area contributed by atoms with Crippen LogP contribution < -0.4 is 25.7 Å². The smallest absolute Gasteiger partial charge is 0.369 e. The number of nitrogen functional groups attached to an aromatic ring is 2. The summed E-state index contributed by atoms with van der Waals surface area (Å²) in [7, 11) is 1.63. The van der Waals surface area contributed by atoms with Crippen LogP contribution in [0.3, 0.4) is 0 Å². The van der Waals surface area contributed by atoms with Gasteiger partial charge in [-0.15, -0.1) is 47.3 Å². The second-order valence-corrected chi connectivity index (χ2v) is 14.5. The summed E-state index contributed by atoms with van der Waals surface area (Å²) in [4.78, 5) is 0. The summed E-state index contributed by atoms with van der Waals surface area (Å²) < 4.78 is 16.9. The van der Waals surface area contributed by atoms with Gasteiger partial charge in [-0.05, 0) is 72.5 Å². The number of nitrogens with two attached hydrogens (primary N) is 2. The van der Waals surface area contributed by atoms with Gasteiger partial charge in [-0.25, -0.2) is 0 Å². The molecule has 0 amide bonds. The van der Waals surface area contributed by atoms with Crippen molar-refractivity contribution in [1.29, 1.82) is 0 Å². The predicted molar refractivity (Wildman–Crippen MR) is 174 cm³/mol. The van der Waals surface area contributed by atoms with Gasteiger partial charge in [-0.1, -0.05) is 50.2 Å². The van der Waals surface area contributed by atoms with Crippen molar-refractivity contribution in [1.82, 2.24) is 0 Å². The summed E-state index contributed by atoms with van der Waals surface area (Å²) in [6.45, 7) is 4.13.